The van der Waals surface area contributed by atoms with Crippen LogP contribution in [0.2, 0.25) is 0 Å². The van der Waals surface area contributed by atoms with E-state index < -0.39 is 0 Å². The van der Waals surface area contributed by atoms with Gasteiger partial charge >= 0.3 is 0 Å². The van der Waals surface area contributed by atoms with Crippen molar-refractivity contribution in [3.05, 3.63) is 10.6 Å². The monoisotopic (exact) mass is 242 g/mol. The Morgan fingerprint density at radius 2 is 2.19 bits per heavy atom. The highest BCUT2D eigenvalue weighted by Gasteiger charge is 2.08. The van der Waals surface area contributed by atoms with Crippen LogP contribution in [0.4, 0.5) is 0 Å². The van der Waals surface area contributed by atoms with E-state index in [0.717, 1.165) is 38.2 Å². The molecule has 1 unspecified atom stereocenters. The second kappa shape index (κ2) is 7.70. The van der Waals surface area contributed by atoms with Gasteiger partial charge in [0, 0.05) is 19.1 Å². The number of nitrogens with zero attached hydrogens (tertiary/aromatic N) is 2. The fourth-order valence-electron chi connectivity index (χ4n) is 1.49. The molecule has 0 amide bonds. The maximum atomic E-state index is 4.16. The molecule has 0 aromatic carbocycles. The lowest BCUT2D eigenvalue weighted by Crippen LogP contribution is -2.35. The largest absolute Gasteiger partial charge is 0.315 e. The van der Waals surface area contributed by atoms with Crippen LogP contribution in [0, 0.1) is 0 Å². The van der Waals surface area contributed by atoms with Crippen LogP contribution in [0.15, 0.2) is 0 Å². The van der Waals surface area contributed by atoms with Crippen molar-refractivity contribution in [1.29, 1.82) is 0 Å². The molecule has 1 atom stereocenters. The summed E-state index contributed by atoms with van der Waals surface area (Å²) < 4.78 is 4.02. The van der Waals surface area contributed by atoms with Gasteiger partial charge in [-0.25, -0.2) is 0 Å². The van der Waals surface area contributed by atoms with Gasteiger partial charge in [0.1, 0.15) is 0 Å². The summed E-state index contributed by atoms with van der Waals surface area (Å²) in [5, 5.41) is 11.0. The lowest BCUT2D eigenvalue weighted by molar-refractivity contribution is 0.510. The van der Waals surface area contributed by atoms with Crippen molar-refractivity contribution >= 4 is 11.5 Å². The van der Waals surface area contributed by atoms with Gasteiger partial charge in [0.25, 0.3) is 0 Å². The molecular formula is C11H22N4S. The van der Waals surface area contributed by atoms with Crippen LogP contribution < -0.4 is 10.6 Å². The Balaban J connectivity index is 2.32. The molecule has 0 saturated carbocycles. The van der Waals surface area contributed by atoms with Gasteiger partial charge < -0.3 is 10.6 Å². The Bertz CT molecular complexity index is 287. The summed E-state index contributed by atoms with van der Waals surface area (Å²) in [5.74, 6) is 0. The van der Waals surface area contributed by atoms with E-state index in [4.69, 9.17) is 0 Å². The molecule has 0 aliphatic heterocycles. The second-order valence-corrected chi connectivity index (χ2v) is 4.82. The van der Waals surface area contributed by atoms with E-state index in [0.29, 0.717) is 6.04 Å². The van der Waals surface area contributed by atoms with Gasteiger partial charge in [-0.1, -0.05) is 24.8 Å². The fraction of sp³-hybridized carbons (Fsp3) is 0.818. The van der Waals surface area contributed by atoms with Crippen molar-refractivity contribution in [2.24, 2.45) is 0 Å². The van der Waals surface area contributed by atoms with Crippen LogP contribution in [0.1, 0.15) is 37.8 Å². The molecule has 1 aromatic rings. The molecule has 5 heteroatoms. The summed E-state index contributed by atoms with van der Waals surface area (Å²) in [4.78, 5) is 1.28. The van der Waals surface area contributed by atoms with Gasteiger partial charge in [0.15, 0.2) is 0 Å². The summed E-state index contributed by atoms with van der Waals surface area (Å²) in [7, 11) is 0. The number of hydrogen-bond donors (Lipinski definition) is 2. The lowest BCUT2D eigenvalue weighted by atomic mass is 10.2. The smallest absolute Gasteiger partial charge is 0.0800 e. The molecule has 0 saturated heterocycles. The molecule has 0 fully saturated rings. The van der Waals surface area contributed by atoms with Gasteiger partial charge in [-0.2, -0.15) is 0 Å². The molecule has 0 aliphatic rings. The number of likely N-dealkylation sites (N-methyl/N-ethyl adjacent to an activating group) is 1. The molecule has 0 spiro atoms. The zero-order valence-electron chi connectivity index (χ0n) is 10.4. The van der Waals surface area contributed by atoms with Gasteiger partial charge in [-0.3, -0.25) is 0 Å². The quantitative estimate of drug-likeness (QED) is 0.726. The SMILES string of the molecule is CCCc1nnsc1CNC(C)CNCC. The first kappa shape index (κ1) is 13.5. The Morgan fingerprint density at radius 3 is 2.88 bits per heavy atom. The van der Waals surface area contributed by atoms with E-state index in [1.807, 2.05) is 0 Å². The summed E-state index contributed by atoms with van der Waals surface area (Å²) in [5.41, 5.74) is 1.16. The van der Waals surface area contributed by atoms with Gasteiger partial charge in [0.05, 0.1) is 10.6 Å². The van der Waals surface area contributed by atoms with Gasteiger partial charge in [-0.05, 0) is 31.4 Å². The number of nitrogens with one attached hydrogen (secondary N) is 2. The molecule has 0 radical (unpaired) electrons. The van der Waals surface area contributed by atoms with Crippen molar-refractivity contribution in [3.8, 4) is 0 Å². The van der Waals surface area contributed by atoms with Gasteiger partial charge in [-0.15, -0.1) is 5.10 Å². The Kier molecular flexibility index (Phi) is 6.52. The Labute approximate surface area is 102 Å². The van der Waals surface area contributed by atoms with Crippen LogP contribution in [0.5, 0.6) is 0 Å². The summed E-state index contributed by atoms with van der Waals surface area (Å²) in [6.45, 7) is 9.40. The molecular weight excluding hydrogens is 220 g/mol. The summed E-state index contributed by atoms with van der Waals surface area (Å²) >= 11 is 1.51. The molecule has 4 nitrogen and oxygen atoms in total. The second-order valence-electron chi connectivity index (χ2n) is 3.98. The zero-order chi connectivity index (χ0) is 11.8. The van der Waals surface area contributed by atoms with Gasteiger partial charge in [0.2, 0.25) is 0 Å². The molecule has 1 rings (SSSR count). The van der Waals surface area contributed by atoms with Crippen molar-refractivity contribution in [2.75, 3.05) is 13.1 Å². The first-order chi connectivity index (χ1) is 7.77. The van der Waals surface area contributed by atoms with E-state index in [1.165, 1.54) is 16.4 Å². The number of rotatable bonds is 8. The Hall–Kier alpha value is -0.520. The van der Waals surface area contributed by atoms with Crippen molar-refractivity contribution in [1.82, 2.24) is 20.2 Å². The van der Waals surface area contributed by atoms with E-state index >= 15 is 0 Å². The normalized spacial score (nSPS) is 12.9. The van der Waals surface area contributed by atoms with E-state index in [1.54, 1.807) is 0 Å². The summed E-state index contributed by atoms with van der Waals surface area (Å²) in [6, 6.07) is 0.483. The third-order valence-electron chi connectivity index (χ3n) is 2.43. The maximum absolute atomic E-state index is 4.16. The zero-order valence-corrected chi connectivity index (χ0v) is 11.2. The minimum absolute atomic E-state index is 0.483. The predicted molar refractivity (Wildman–Crippen MR) is 68.7 cm³/mol. The first-order valence-corrected chi connectivity index (χ1v) is 6.79. The van der Waals surface area contributed by atoms with Crippen molar-refractivity contribution in [3.63, 3.8) is 0 Å². The summed E-state index contributed by atoms with van der Waals surface area (Å²) in [6.07, 6.45) is 2.17. The van der Waals surface area contributed by atoms with Crippen LogP contribution >= 0.6 is 11.5 Å². The average molecular weight is 242 g/mol. The first-order valence-electron chi connectivity index (χ1n) is 6.02. The van der Waals surface area contributed by atoms with Crippen LogP contribution in [-0.2, 0) is 13.0 Å². The molecule has 1 aromatic heterocycles. The number of hydrogen-bond acceptors (Lipinski definition) is 5. The molecule has 2 N–H and O–H groups in total. The fourth-order valence-corrected chi connectivity index (χ4v) is 2.12. The van der Waals surface area contributed by atoms with Crippen LogP contribution in [0.3, 0.4) is 0 Å². The highest BCUT2D eigenvalue weighted by atomic mass is 32.1. The highest BCUT2D eigenvalue weighted by molar-refractivity contribution is 7.05. The lowest BCUT2D eigenvalue weighted by Gasteiger charge is -2.13. The molecule has 16 heavy (non-hydrogen) atoms. The maximum Gasteiger partial charge on any atom is 0.0800 e. The minimum Gasteiger partial charge on any atom is -0.315 e. The van der Waals surface area contributed by atoms with E-state index in [9.17, 15) is 0 Å². The van der Waals surface area contributed by atoms with Crippen molar-refractivity contribution < 1.29 is 0 Å². The van der Waals surface area contributed by atoms with Crippen LogP contribution in [-0.4, -0.2) is 28.7 Å². The van der Waals surface area contributed by atoms with Crippen LogP contribution in [0.25, 0.3) is 0 Å². The molecule has 1 heterocycles. The third kappa shape index (κ3) is 4.55. The number of aromatic nitrogens is 2. The molecule has 92 valence electrons. The molecule has 0 aliphatic carbocycles. The highest BCUT2D eigenvalue weighted by Crippen LogP contribution is 2.12. The predicted octanol–water partition coefficient (Wildman–Crippen LogP) is 1.58. The van der Waals surface area contributed by atoms with Crippen molar-refractivity contribution in [2.45, 2.75) is 46.2 Å². The minimum atomic E-state index is 0.483. The number of aryl methyl sites for hydroxylation is 1. The molecule has 0 bridgehead atoms. The third-order valence-corrected chi connectivity index (χ3v) is 3.20. The average Bonchev–Trinajstić information content (AvgIpc) is 2.72. The standard InChI is InChI=1S/C11H22N4S/c1-4-6-10-11(16-15-14-10)8-13-9(3)7-12-5-2/h9,12-13H,4-8H2,1-3H3. The van der Waals surface area contributed by atoms with E-state index in [-0.39, 0.29) is 0 Å². The topological polar surface area (TPSA) is 49.8 Å². The van der Waals surface area contributed by atoms with E-state index in [2.05, 4.69) is 41.0 Å². The Morgan fingerprint density at radius 1 is 1.38 bits per heavy atom.